The molecule has 1 heterocycles. The van der Waals surface area contributed by atoms with Crippen LogP contribution in [0.25, 0.3) is 0 Å². The van der Waals surface area contributed by atoms with Crippen molar-refractivity contribution < 1.29 is 4.74 Å². The molecule has 82 valence electrons. The van der Waals surface area contributed by atoms with Crippen LogP contribution in [0.1, 0.15) is 33.6 Å². The van der Waals surface area contributed by atoms with Crippen LogP contribution in [0, 0.1) is 11.3 Å². The van der Waals surface area contributed by atoms with Crippen LogP contribution in [-0.2, 0) is 4.74 Å². The molecule has 1 saturated heterocycles. The minimum absolute atomic E-state index is 0.330. The Hall–Kier alpha value is -0.570. The molecule has 0 saturated carbocycles. The molecule has 0 amide bonds. The van der Waals surface area contributed by atoms with Crippen LogP contribution >= 0.6 is 0 Å². The lowest BCUT2D eigenvalue weighted by Gasteiger charge is -2.39. The molecular formula is C11H22N2O. The Bertz CT molecular complexity index is 203. The second-order valence-electron chi connectivity index (χ2n) is 4.46. The first-order chi connectivity index (χ1) is 6.56. The van der Waals surface area contributed by atoms with Gasteiger partial charge in [-0.25, -0.2) is 0 Å². The van der Waals surface area contributed by atoms with Gasteiger partial charge < -0.3 is 9.64 Å². The molecule has 3 nitrogen and oxygen atoms in total. The van der Waals surface area contributed by atoms with E-state index in [1.165, 1.54) is 0 Å². The average Bonchev–Trinajstić information content (AvgIpc) is 2.16. The number of hydrogen-bond acceptors (Lipinski definition) is 2. The highest BCUT2D eigenvalue weighted by atomic mass is 16.5. The van der Waals surface area contributed by atoms with E-state index in [2.05, 4.69) is 25.7 Å². The lowest BCUT2D eigenvalue weighted by Crippen LogP contribution is -2.47. The highest BCUT2D eigenvalue weighted by molar-refractivity contribution is 5.81. The van der Waals surface area contributed by atoms with E-state index in [4.69, 9.17) is 10.1 Å². The zero-order chi connectivity index (χ0) is 10.7. The molecule has 0 aromatic carbocycles. The number of nitrogens with zero attached hydrogens (tertiary/aromatic N) is 1. The molecule has 1 aliphatic heterocycles. The van der Waals surface area contributed by atoms with Crippen molar-refractivity contribution in [3.05, 3.63) is 0 Å². The molecule has 14 heavy (non-hydrogen) atoms. The fourth-order valence-corrected chi connectivity index (χ4v) is 2.03. The largest absolute Gasteiger partial charge is 0.381 e. The first kappa shape index (κ1) is 11.5. The number of piperidine rings is 1. The minimum Gasteiger partial charge on any atom is -0.381 e. The lowest BCUT2D eigenvalue weighted by molar-refractivity contribution is 0.0371. The third-order valence-corrected chi connectivity index (χ3v) is 3.02. The van der Waals surface area contributed by atoms with E-state index in [0.29, 0.717) is 18.1 Å². The van der Waals surface area contributed by atoms with Crippen molar-refractivity contribution in [2.75, 3.05) is 13.7 Å². The van der Waals surface area contributed by atoms with Crippen molar-refractivity contribution in [3.8, 4) is 0 Å². The molecule has 3 heteroatoms. The Balaban J connectivity index is 2.53. The molecule has 0 spiro atoms. The first-order valence-electron chi connectivity index (χ1n) is 5.44. The molecule has 0 bridgehead atoms. The van der Waals surface area contributed by atoms with Gasteiger partial charge in [-0.2, -0.15) is 0 Å². The minimum atomic E-state index is 0.330. The molecule has 0 aromatic rings. The van der Waals surface area contributed by atoms with Crippen molar-refractivity contribution in [2.24, 2.45) is 5.92 Å². The van der Waals surface area contributed by atoms with Gasteiger partial charge in [0.25, 0.3) is 0 Å². The van der Waals surface area contributed by atoms with E-state index >= 15 is 0 Å². The van der Waals surface area contributed by atoms with E-state index in [0.717, 1.165) is 25.2 Å². The Morgan fingerprint density at radius 3 is 2.57 bits per heavy atom. The third kappa shape index (κ3) is 2.47. The van der Waals surface area contributed by atoms with E-state index in [1.54, 1.807) is 7.11 Å². The molecule has 1 N–H and O–H groups in total. The summed E-state index contributed by atoms with van der Waals surface area (Å²) < 4.78 is 5.35. The second kappa shape index (κ2) is 4.78. The van der Waals surface area contributed by atoms with Crippen LogP contribution in [0.5, 0.6) is 0 Å². The summed E-state index contributed by atoms with van der Waals surface area (Å²) in [6, 6.07) is 0.448. The predicted octanol–water partition coefficient (Wildman–Crippen LogP) is 2.12. The zero-order valence-electron chi connectivity index (χ0n) is 9.71. The van der Waals surface area contributed by atoms with Gasteiger partial charge in [0, 0.05) is 25.6 Å². The van der Waals surface area contributed by atoms with Crippen molar-refractivity contribution in [1.29, 1.82) is 5.41 Å². The summed E-state index contributed by atoms with van der Waals surface area (Å²) >= 11 is 0. The highest BCUT2D eigenvalue weighted by Gasteiger charge is 2.27. The standard InChI is InChI=1S/C11H22N2O/c1-8(2)11(12)13-6-5-10(14-4)7-9(13)3/h8-10,12H,5-7H2,1-4H3. The second-order valence-corrected chi connectivity index (χ2v) is 4.46. The monoisotopic (exact) mass is 198 g/mol. The maximum atomic E-state index is 7.98. The first-order valence-corrected chi connectivity index (χ1v) is 5.44. The van der Waals surface area contributed by atoms with E-state index in [9.17, 15) is 0 Å². The summed E-state index contributed by atoms with van der Waals surface area (Å²) in [5.74, 6) is 1.10. The van der Waals surface area contributed by atoms with Gasteiger partial charge in [-0.15, -0.1) is 0 Å². The summed E-state index contributed by atoms with van der Waals surface area (Å²) in [5.41, 5.74) is 0. The maximum absolute atomic E-state index is 7.98. The van der Waals surface area contributed by atoms with Gasteiger partial charge in [0.05, 0.1) is 11.9 Å². The molecule has 1 aliphatic rings. The Morgan fingerprint density at radius 2 is 2.14 bits per heavy atom. The van der Waals surface area contributed by atoms with Gasteiger partial charge >= 0.3 is 0 Å². The number of amidine groups is 1. The van der Waals surface area contributed by atoms with Crippen molar-refractivity contribution in [1.82, 2.24) is 4.90 Å². The Labute approximate surface area is 86.9 Å². The number of ether oxygens (including phenoxy) is 1. The summed E-state index contributed by atoms with van der Waals surface area (Å²) in [4.78, 5) is 2.21. The molecule has 2 atom stereocenters. The van der Waals surface area contributed by atoms with Crippen LogP contribution in [0.15, 0.2) is 0 Å². The van der Waals surface area contributed by atoms with Gasteiger partial charge in [0.1, 0.15) is 0 Å². The normalized spacial score (nSPS) is 28.2. The molecule has 1 rings (SSSR count). The number of hydrogen-bond donors (Lipinski definition) is 1. The quantitative estimate of drug-likeness (QED) is 0.545. The number of methoxy groups -OCH3 is 1. The smallest absolute Gasteiger partial charge is 0.0986 e. The summed E-state index contributed by atoms with van der Waals surface area (Å²) in [6.07, 6.45) is 2.49. The van der Waals surface area contributed by atoms with Crippen LogP contribution in [0.4, 0.5) is 0 Å². The van der Waals surface area contributed by atoms with Gasteiger partial charge in [-0.3, -0.25) is 5.41 Å². The fraction of sp³-hybridized carbons (Fsp3) is 0.909. The SMILES string of the molecule is COC1CCN(C(=N)C(C)C)C(C)C1. The highest BCUT2D eigenvalue weighted by Crippen LogP contribution is 2.21. The van der Waals surface area contributed by atoms with Gasteiger partial charge in [0.2, 0.25) is 0 Å². The summed E-state index contributed by atoms with van der Waals surface area (Å²) in [5, 5.41) is 7.98. The summed E-state index contributed by atoms with van der Waals surface area (Å²) in [7, 11) is 1.78. The molecular weight excluding hydrogens is 176 g/mol. The molecule has 0 aliphatic carbocycles. The van der Waals surface area contributed by atoms with E-state index in [-0.39, 0.29) is 0 Å². The number of likely N-dealkylation sites (tertiary alicyclic amines) is 1. The third-order valence-electron chi connectivity index (χ3n) is 3.02. The van der Waals surface area contributed by atoms with Gasteiger partial charge in [-0.1, -0.05) is 13.8 Å². The maximum Gasteiger partial charge on any atom is 0.0986 e. The topological polar surface area (TPSA) is 36.3 Å². The summed E-state index contributed by atoms with van der Waals surface area (Å²) in [6.45, 7) is 7.31. The van der Waals surface area contributed by atoms with Crippen LogP contribution in [0.3, 0.4) is 0 Å². The average molecular weight is 198 g/mol. The van der Waals surface area contributed by atoms with Crippen molar-refractivity contribution in [2.45, 2.75) is 45.8 Å². The van der Waals surface area contributed by atoms with Crippen molar-refractivity contribution in [3.63, 3.8) is 0 Å². The Morgan fingerprint density at radius 1 is 1.50 bits per heavy atom. The van der Waals surface area contributed by atoms with Crippen LogP contribution in [-0.4, -0.2) is 36.5 Å². The Kier molecular flexibility index (Phi) is 3.93. The number of nitrogens with one attached hydrogen (secondary N) is 1. The fourth-order valence-electron chi connectivity index (χ4n) is 2.03. The molecule has 1 fully saturated rings. The zero-order valence-corrected chi connectivity index (χ0v) is 9.71. The van der Waals surface area contributed by atoms with E-state index < -0.39 is 0 Å². The van der Waals surface area contributed by atoms with Crippen molar-refractivity contribution >= 4 is 5.84 Å². The number of rotatable bonds is 2. The van der Waals surface area contributed by atoms with E-state index in [1.807, 2.05) is 0 Å². The predicted molar refractivity (Wildman–Crippen MR) is 58.8 cm³/mol. The van der Waals surface area contributed by atoms with Crippen LogP contribution in [0.2, 0.25) is 0 Å². The molecule has 0 aromatic heterocycles. The van der Waals surface area contributed by atoms with Gasteiger partial charge in [-0.05, 0) is 19.8 Å². The van der Waals surface area contributed by atoms with Crippen LogP contribution < -0.4 is 0 Å². The molecule has 2 unspecified atom stereocenters. The lowest BCUT2D eigenvalue weighted by atomic mass is 9.98. The van der Waals surface area contributed by atoms with Gasteiger partial charge in [0.15, 0.2) is 0 Å². The molecule has 0 radical (unpaired) electrons.